The first-order chi connectivity index (χ1) is 8.27. The molecule has 1 aromatic rings. The van der Waals surface area contributed by atoms with E-state index in [9.17, 15) is 4.79 Å². The van der Waals surface area contributed by atoms with Crippen molar-refractivity contribution in [1.82, 2.24) is 4.98 Å². The number of hydrogen-bond acceptors (Lipinski definition) is 4. The molecule has 4 heteroatoms. The topological polar surface area (TPSA) is 39.2 Å². The van der Waals surface area contributed by atoms with Crippen LogP contribution < -0.4 is 4.74 Å². The highest BCUT2D eigenvalue weighted by Crippen LogP contribution is 2.14. The largest absolute Gasteiger partial charge is 0.492 e. The molecule has 0 saturated carbocycles. The van der Waals surface area contributed by atoms with Crippen LogP contribution in [0.5, 0.6) is 5.75 Å². The SMILES string of the molecule is CCCOc1cncc(C(=O)CSCCC)c1. The second-order valence-corrected chi connectivity index (χ2v) is 4.84. The van der Waals surface area contributed by atoms with Crippen molar-refractivity contribution in [3.63, 3.8) is 0 Å². The second-order valence-electron chi connectivity index (χ2n) is 3.73. The third-order valence-corrected chi connectivity index (χ3v) is 3.25. The third kappa shape index (κ3) is 5.22. The smallest absolute Gasteiger partial charge is 0.174 e. The predicted molar refractivity (Wildman–Crippen MR) is 72.0 cm³/mol. The van der Waals surface area contributed by atoms with E-state index in [1.807, 2.05) is 6.92 Å². The average Bonchev–Trinajstić information content (AvgIpc) is 2.37. The number of rotatable bonds is 8. The number of carbonyl (C=O) groups is 1. The fourth-order valence-electron chi connectivity index (χ4n) is 1.26. The van der Waals surface area contributed by atoms with Crippen LogP contribution in [0.4, 0.5) is 0 Å². The van der Waals surface area contributed by atoms with E-state index in [-0.39, 0.29) is 5.78 Å². The molecule has 0 aromatic carbocycles. The van der Waals surface area contributed by atoms with Gasteiger partial charge in [0.05, 0.1) is 18.6 Å². The van der Waals surface area contributed by atoms with Crippen LogP contribution >= 0.6 is 11.8 Å². The summed E-state index contributed by atoms with van der Waals surface area (Å²) in [7, 11) is 0. The van der Waals surface area contributed by atoms with Gasteiger partial charge in [0.25, 0.3) is 0 Å². The molecule has 0 unspecified atom stereocenters. The van der Waals surface area contributed by atoms with Crippen molar-refractivity contribution in [2.45, 2.75) is 26.7 Å². The number of carbonyl (C=O) groups excluding carboxylic acids is 1. The van der Waals surface area contributed by atoms with Crippen LogP contribution in [0.15, 0.2) is 18.5 Å². The molecule has 0 bridgehead atoms. The van der Waals surface area contributed by atoms with E-state index in [0.29, 0.717) is 23.7 Å². The van der Waals surface area contributed by atoms with E-state index in [0.717, 1.165) is 18.6 Å². The van der Waals surface area contributed by atoms with E-state index >= 15 is 0 Å². The van der Waals surface area contributed by atoms with Crippen LogP contribution in [0, 0.1) is 0 Å². The summed E-state index contributed by atoms with van der Waals surface area (Å²) in [6.45, 7) is 4.81. The molecule has 0 aliphatic rings. The Morgan fingerprint density at radius 3 is 2.88 bits per heavy atom. The van der Waals surface area contributed by atoms with Gasteiger partial charge in [0, 0.05) is 11.8 Å². The lowest BCUT2D eigenvalue weighted by Crippen LogP contribution is -2.04. The molecule has 0 atom stereocenters. The fraction of sp³-hybridized carbons (Fsp3) is 0.538. The Morgan fingerprint density at radius 2 is 2.18 bits per heavy atom. The van der Waals surface area contributed by atoms with Gasteiger partial charge in [-0.3, -0.25) is 9.78 Å². The average molecular weight is 253 g/mol. The van der Waals surface area contributed by atoms with Gasteiger partial charge in [0.15, 0.2) is 5.78 Å². The van der Waals surface area contributed by atoms with Crippen molar-refractivity contribution >= 4 is 17.5 Å². The van der Waals surface area contributed by atoms with Crippen LogP contribution in [0.25, 0.3) is 0 Å². The summed E-state index contributed by atoms with van der Waals surface area (Å²) >= 11 is 1.66. The Morgan fingerprint density at radius 1 is 1.35 bits per heavy atom. The van der Waals surface area contributed by atoms with Crippen molar-refractivity contribution in [3.05, 3.63) is 24.0 Å². The number of thioether (sulfide) groups is 1. The number of aromatic nitrogens is 1. The zero-order chi connectivity index (χ0) is 12.5. The number of ether oxygens (including phenoxy) is 1. The molecule has 0 N–H and O–H groups in total. The van der Waals surface area contributed by atoms with E-state index in [1.54, 1.807) is 30.2 Å². The van der Waals surface area contributed by atoms with Crippen LogP contribution in [-0.4, -0.2) is 28.9 Å². The Hall–Kier alpha value is -1.03. The first-order valence-electron chi connectivity index (χ1n) is 5.96. The van der Waals surface area contributed by atoms with Gasteiger partial charge in [-0.05, 0) is 24.7 Å². The summed E-state index contributed by atoms with van der Waals surface area (Å²) in [5, 5.41) is 0. The first kappa shape index (κ1) is 14.0. The molecule has 3 nitrogen and oxygen atoms in total. The molecule has 0 radical (unpaired) electrons. The summed E-state index contributed by atoms with van der Waals surface area (Å²) < 4.78 is 5.45. The molecule has 0 aliphatic heterocycles. The summed E-state index contributed by atoms with van der Waals surface area (Å²) in [6.07, 6.45) is 5.29. The second kappa shape index (κ2) is 8.12. The highest BCUT2D eigenvalue weighted by molar-refractivity contribution is 7.99. The molecule has 17 heavy (non-hydrogen) atoms. The third-order valence-electron chi connectivity index (χ3n) is 2.09. The molecule has 0 spiro atoms. The first-order valence-corrected chi connectivity index (χ1v) is 7.12. The van der Waals surface area contributed by atoms with E-state index < -0.39 is 0 Å². The van der Waals surface area contributed by atoms with Gasteiger partial charge >= 0.3 is 0 Å². The number of nitrogens with zero attached hydrogens (tertiary/aromatic N) is 1. The summed E-state index contributed by atoms with van der Waals surface area (Å²) in [6, 6.07) is 1.78. The Kier molecular flexibility index (Phi) is 6.70. The maximum atomic E-state index is 11.8. The van der Waals surface area contributed by atoms with Crippen LogP contribution in [0.3, 0.4) is 0 Å². The van der Waals surface area contributed by atoms with E-state index in [2.05, 4.69) is 11.9 Å². The minimum atomic E-state index is 0.123. The molecular formula is C13H19NO2S. The molecule has 1 rings (SSSR count). The van der Waals surface area contributed by atoms with Gasteiger partial charge in [-0.25, -0.2) is 0 Å². The summed E-state index contributed by atoms with van der Waals surface area (Å²) in [5.74, 6) is 2.34. The number of ketones is 1. The van der Waals surface area contributed by atoms with Crippen LogP contribution in [-0.2, 0) is 0 Å². The van der Waals surface area contributed by atoms with Gasteiger partial charge in [0.1, 0.15) is 5.75 Å². The van der Waals surface area contributed by atoms with Crippen LogP contribution in [0.1, 0.15) is 37.0 Å². The number of Topliss-reactive ketones (excluding diaryl/α,β-unsaturated/α-hetero) is 1. The lowest BCUT2D eigenvalue weighted by atomic mass is 10.2. The maximum absolute atomic E-state index is 11.8. The Bertz CT molecular complexity index is 355. The molecule has 1 aromatic heterocycles. The van der Waals surface area contributed by atoms with Gasteiger partial charge in [0.2, 0.25) is 0 Å². The molecule has 0 fully saturated rings. The monoisotopic (exact) mass is 253 g/mol. The molecular weight excluding hydrogens is 234 g/mol. The highest BCUT2D eigenvalue weighted by atomic mass is 32.2. The van der Waals surface area contributed by atoms with Crippen molar-refractivity contribution < 1.29 is 9.53 Å². The molecule has 0 amide bonds. The highest BCUT2D eigenvalue weighted by Gasteiger charge is 2.07. The van der Waals surface area contributed by atoms with Gasteiger partial charge in [-0.2, -0.15) is 11.8 Å². The van der Waals surface area contributed by atoms with Gasteiger partial charge in [-0.1, -0.05) is 13.8 Å². The fourth-order valence-corrected chi connectivity index (χ4v) is 2.05. The predicted octanol–water partition coefficient (Wildman–Crippen LogP) is 3.20. The minimum Gasteiger partial charge on any atom is -0.492 e. The maximum Gasteiger partial charge on any atom is 0.174 e. The Labute approximate surface area is 107 Å². The van der Waals surface area contributed by atoms with E-state index in [1.165, 1.54) is 0 Å². The van der Waals surface area contributed by atoms with Crippen molar-refractivity contribution in [3.8, 4) is 5.75 Å². The lowest BCUT2D eigenvalue weighted by molar-refractivity contribution is 0.102. The van der Waals surface area contributed by atoms with Crippen molar-refractivity contribution in [2.24, 2.45) is 0 Å². The van der Waals surface area contributed by atoms with Gasteiger partial charge < -0.3 is 4.74 Å². The molecule has 94 valence electrons. The van der Waals surface area contributed by atoms with Crippen molar-refractivity contribution in [2.75, 3.05) is 18.1 Å². The molecule has 0 aliphatic carbocycles. The standard InChI is InChI=1S/C13H19NO2S/c1-3-5-16-12-7-11(8-14-9-12)13(15)10-17-6-4-2/h7-9H,3-6,10H2,1-2H3. The summed E-state index contributed by atoms with van der Waals surface area (Å²) in [5.41, 5.74) is 0.641. The van der Waals surface area contributed by atoms with Crippen molar-refractivity contribution in [1.29, 1.82) is 0 Å². The lowest BCUT2D eigenvalue weighted by Gasteiger charge is -2.05. The minimum absolute atomic E-state index is 0.123. The quantitative estimate of drug-likeness (QED) is 0.527. The summed E-state index contributed by atoms with van der Waals surface area (Å²) in [4.78, 5) is 15.9. The number of hydrogen-bond donors (Lipinski definition) is 0. The Balaban J connectivity index is 2.54. The normalized spacial score (nSPS) is 10.2. The van der Waals surface area contributed by atoms with Gasteiger partial charge in [-0.15, -0.1) is 0 Å². The molecule has 0 saturated heterocycles. The zero-order valence-corrected chi connectivity index (χ0v) is 11.3. The van der Waals surface area contributed by atoms with Crippen LogP contribution in [0.2, 0.25) is 0 Å². The zero-order valence-electron chi connectivity index (χ0n) is 10.4. The van der Waals surface area contributed by atoms with E-state index in [4.69, 9.17) is 4.74 Å². The number of pyridine rings is 1. The molecule has 1 heterocycles.